The standard InChI is InChI=1S/C48H67F2N7O12/c1-7-9-38-68-37-22-30-31-21-33(49)32-20-29(58)15-16-45(32,4)47(31,50)35(59)23-46(30,5)48(37,69-38)36(60)25-66-43(64)54-18-19-57(6)44(65)67-24-27-11-13-28(14-12-27)55-40(61)34(10-8-17-53-42(52)63)56-41(62)39(51)26(2)3/h11-16,20,26,30-31,33-35,37-39,59H,7-10,17-19,21-25,51H2,1-6H3,(H,54,64)(H,55,61)(H,56,62)(H3,52,53,63)/t30-,31-,33-,34-,35-,37+,38?,39?,45-,46-,47-,48+/m0/s1. The highest BCUT2D eigenvalue weighted by Gasteiger charge is 2.80. The number of primary amides is 1. The van der Waals surface area contributed by atoms with Crippen LogP contribution in [0.5, 0.6) is 0 Å². The Hall–Kier alpha value is -5.51. The summed E-state index contributed by atoms with van der Waals surface area (Å²) in [4.78, 5) is 90.6. The van der Waals surface area contributed by atoms with Gasteiger partial charge in [-0.15, -0.1) is 0 Å². The van der Waals surface area contributed by atoms with E-state index in [1.165, 1.54) is 31.0 Å². The summed E-state index contributed by atoms with van der Waals surface area (Å²) in [6, 6.07) is 3.95. The van der Waals surface area contributed by atoms with Crippen molar-refractivity contribution in [1.29, 1.82) is 0 Å². The van der Waals surface area contributed by atoms with E-state index >= 15 is 8.78 Å². The predicted octanol–water partition coefficient (Wildman–Crippen LogP) is 3.61. The Balaban J connectivity index is 0.991. The summed E-state index contributed by atoms with van der Waals surface area (Å²) in [7, 11) is 1.45. The van der Waals surface area contributed by atoms with Crippen molar-refractivity contribution in [2.45, 2.75) is 134 Å². The zero-order valence-corrected chi connectivity index (χ0v) is 40.0. The van der Waals surface area contributed by atoms with Crippen molar-refractivity contribution in [3.63, 3.8) is 0 Å². The molecule has 1 aromatic carbocycles. The van der Waals surface area contributed by atoms with E-state index < -0.39 is 119 Å². The molecule has 3 saturated carbocycles. The Morgan fingerprint density at radius 3 is 2.39 bits per heavy atom. The minimum absolute atomic E-state index is 0.00831. The fourth-order valence-corrected chi connectivity index (χ4v) is 11.1. The molecule has 21 heteroatoms. The summed E-state index contributed by atoms with van der Waals surface area (Å²) in [6.45, 7) is 7.92. The van der Waals surface area contributed by atoms with E-state index in [1.54, 1.807) is 45.0 Å². The van der Waals surface area contributed by atoms with Gasteiger partial charge in [0.2, 0.25) is 17.6 Å². The number of rotatable bonds is 19. The molecule has 1 saturated heterocycles. The average molecular weight is 972 g/mol. The van der Waals surface area contributed by atoms with Gasteiger partial charge in [0, 0.05) is 49.1 Å². The Kier molecular flexibility index (Phi) is 16.3. The van der Waals surface area contributed by atoms with Gasteiger partial charge in [0.25, 0.3) is 0 Å². The fourth-order valence-electron chi connectivity index (χ4n) is 11.1. The molecule has 2 unspecified atom stereocenters. The lowest BCUT2D eigenvalue weighted by atomic mass is 9.44. The molecule has 4 aliphatic carbocycles. The minimum Gasteiger partial charge on any atom is -0.445 e. The number of nitrogens with zero attached hydrogens (tertiary/aromatic N) is 1. The second-order valence-corrected chi connectivity index (χ2v) is 19.6. The smallest absolute Gasteiger partial charge is 0.409 e. The topological polar surface area (TPSA) is 280 Å². The number of anilines is 1. The summed E-state index contributed by atoms with van der Waals surface area (Å²) < 4.78 is 57.4. The third kappa shape index (κ3) is 10.4. The van der Waals surface area contributed by atoms with Crippen molar-refractivity contribution in [3.05, 3.63) is 53.6 Å². The number of nitrogens with one attached hydrogen (secondary N) is 4. The monoisotopic (exact) mass is 971 g/mol. The van der Waals surface area contributed by atoms with Crippen LogP contribution in [0.15, 0.2) is 48.1 Å². The van der Waals surface area contributed by atoms with Crippen LogP contribution in [0.2, 0.25) is 0 Å². The number of hydrogen-bond donors (Lipinski definition) is 7. The largest absolute Gasteiger partial charge is 0.445 e. The van der Waals surface area contributed by atoms with Crippen LogP contribution < -0.4 is 32.7 Å². The highest BCUT2D eigenvalue weighted by molar-refractivity contribution is 6.01. The van der Waals surface area contributed by atoms with Gasteiger partial charge in [-0.1, -0.05) is 52.3 Å². The van der Waals surface area contributed by atoms with E-state index in [0.717, 1.165) is 6.08 Å². The van der Waals surface area contributed by atoms with Crippen molar-refractivity contribution in [1.82, 2.24) is 20.9 Å². The van der Waals surface area contributed by atoms with Gasteiger partial charge < -0.3 is 61.7 Å². The van der Waals surface area contributed by atoms with Gasteiger partial charge in [-0.3, -0.25) is 19.2 Å². The fraction of sp³-hybridized carbons (Fsp3) is 0.646. The van der Waals surface area contributed by atoms with E-state index in [9.17, 15) is 38.7 Å². The first-order valence-electron chi connectivity index (χ1n) is 23.6. The van der Waals surface area contributed by atoms with Gasteiger partial charge >= 0.3 is 18.2 Å². The number of hydrogen-bond acceptors (Lipinski definition) is 13. The molecule has 1 aliphatic heterocycles. The zero-order valence-electron chi connectivity index (χ0n) is 40.0. The lowest BCUT2D eigenvalue weighted by molar-refractivity contribution is -0.234. The highest BCUT2D eigenvalue weighted by Crippen LogP contribution is 2.72. The molecule has 9 N–H and O–H groups in total. The SMILES string of the molecule is CCCC1O[C@@H]2C[C@H]3[C@@H]4C[C@H](F)C5=CC(=O)C=C[C@]5(C)[C@@]4(F)[C@@H](O)C[C@]3(C)[C@]2(C(=O)COC(=O)NCCN(C)C(=O)OCc2ccc(NC(=O)[C@H](CCCNC(N)=O)NC(=O)C(N)C(C)C)cc2)O1. The highest BCUT2D eigenvalue weighted by atomic mass is 19.1. The number of ether oxygens (including phenoxy) is 4. The van der Waals surface area contributed by atoms with Crippen molar-refractivity contribution < 1.29 is 66.4 Å². The number of amides is 6. The van der Waals surface area contributed by atoms with Gasteiger partial charge in [-0.05, 0) is 92.7 Å². The number of benzene rings is 1. The number of fused-ring (bicyclic) bond motifs is 7. The quantitative estimate of drug-likeness (QED) is 0.0978. The minimum atomic E-state index is -2.37. The number of likely N-dealkylation sites (N-methyl/N-ethyl adjacent to an activating group) is 1. The molecule has 12 atom stereocenters. The lowest BCUT2D eigenvalue weighted by Crippen LogP contribution is -2.71. The van der Waals surface area contributed by atoms with Crippen molar-refractivity contribution in [2.75, 3.05) is 38.6 Å². The first-order chi connectivity index (χ1) is 32.5. The number of alkyl halides is 2. The molecule has 0 spiro atoms. The maximum atomic E-state index is 17.8. The number of ketones is 2. The van der Waals surface area contributed by atoms with Gasteiger partial charge in [0.1, 0.15) is 18.8 Å². The van der Waals surface area contributed by atoms with Gasteiger partial charge in [-0.2, -0.15) is 0 Å². The van der Waals surface area contributed by atoms with Crippen LogP contribution in [0.3, 0.4) is 0 Å². The second-order valence-electron chi connectivity index (χ2n) is 19.6. The van der Waals surface area contributed by atoms with Crippen LogP contribution in [0.4, 0.5) is 28.9 Å². The normalized spacial score (nSPS) is 31.7. The van der Waals surface area contributed by atoms with Crippen LogP contribution >= 0.6 is 0 Å². The molecule has 1 aromatic rings. The van der Waals surface area contributed by atoms with Crippen molar-refractivity contribution in [2.24, 2.45) is 40.1 Å². The molecular formula is C48H67F2N7O12. The lowest BCUT2D eigenvalue weighted by Gasteiger charge is -2.63. The number of alkyl carbamates (subject to hydrolysis) is 1. The second kappa shape index (κ2) is 21.2. The molecule has 0 aromatic heterocycles. The molecule has 6 rings (SSSR count). The summed E-state index contributed by atoms with van der Waals surface area (Å²) in [6.07, 6.45) is -1.85. The van der Waals surface area contributed by atoms with Crippen molar-refractivity contribution >= 4 is 47.3 Å². The molecular weight excluding hydrogens is 905 g/mol. The summed E-state index contributed by atoms with van der Waals surface area (Å²) in [5.41, 5.74) is 5.07. The number of carbonyl (C=O) groups excluding carboxylic acids is 7. The molecule has 5 aliphatic rings. The number of Topliss-reactive ketones (excluding diaryl/α,β-unsaturated/α-hetero) is 1. The Bertz CT molecular complexity index is 2200. The number of aliphatic hydroxyl groups excluding tert-OH is 1. The molecule has 1 heterocycles. The summed E-state index contributed by atoms with van der Waals surface area (Å²) in [5, 5.41) is 22.2. The van der Waals surface area contributed by atoms with Crippen LogP contribution in [0.1, 0.15) is 85.1 Å². The number of carbonyl (C=O) groups is 7. The molecule has 0 radical (unpaired) electrons. The number of halogens is 2. The van der Waals surface area contributed by atoms with Crippen LogP contribution in [0.25, 0.3) is 0 Å². The first-order valence-corrected chi connectivity index (χ1v) is 23.6. The van der Waals surface area contributed by atoms with Crippen LogP contribution in [-0.4, -0.2) is 133 Å². The predicted molar refractivity (Wildman–Crippen MR) is 245 cm³/mol. The number of aliphatic hydroxyl groups is 1. The van der Waals surface area contributed by atoms with E-state index in [-0.39, 0.29) is 63.4 Å². The first kappa shape index (κ1) is 52.9. The van der Waals surface area contributed by atoms with E-state index in [0.29, 0.717) is 30.5 Å². The molecule has 19 nitrogen and oxygen atoms in total. The van der Waals surface area contributed by atoms with E-state index in [4.69, 9.17) is 30.4 Å². The molecule has 4 fully saturated rings. The van der Waals surface area contributed by atoms with Gasteiger partial charge in [0.05, 0.1) is 18.2 Å². The molecule has 6 amide bonds. The Morgan fingerprint density at radius 2 is 1.72 bits per heavy atom. The molecule has 0 bridgehead atoms. The molecule has 69 heavy (non-hydrogen) atoms. The number of allylic oxidation sites excluding steroid dienone is 4. The van der Waals surface area contributed by atoms with E-state index in [1.807, 2.05) is 6.92 Å². The van der Waals surface area contributed by atoms with Crippen molar-refractivity contribution in [3.8, 4) is 0 Å². The maximum Gasteiger partial charge on any atom is 0.409 e. The zero-order chi connectivity index (χ0) is 50.6. The molecule has 380 valence electrons. The third-order valence-corrected chi connectivity index (χ3v) is 14.9. The van der Waals surface area contributed by atoms with Gasteiger partial charge in [0.15, 0.2) is 29.9 Å². The maximum absolute atomic E-state index is 17.8. The van der Waals surface area contributed by atoms with Gasteiger partial charge in [-0.25, -0.2) is 23.2 Å². The summed E-state index contributed by atoms with van der Waals surface area (Å²) >= 11 is 0. The number of nitrogens with two attached hydrogens (primary N) is 2. The average Bonchev–Trinajstić information content (AvgIpc) is 3.78. The Morgan fingerprint density at radius 1 is 1.01 bits per heavy atom. The van der Waals surface area contributed by atoms with E-state index in [2.05, 4.69) is 21.3 Å². The Labute approximate surface area is 400 Å². The number of urea groups is 1. The summed E-state index contributed by atoms with van der Waals surface area (Å²) in [5.74, 6) is -4.03. The van der Waals surface area contributed by atoms with Crippen LogP contribution in [0, 0.1) is 28.6 Å². The van der Waals surface area contributed by atoms with Crippen LogP contribution in [-0.2, 0) is 44.7 Å². The third-order valence-electron chi connectivity index (χ3n) is 14.9.